The standard InChI is InChI=1S/C19H22N4O3S/c1-15(16-8-10-20-11-9-16)21-22-19(24)17-6-5-7-18(14-17)27(25,26)23-12-3-2-4-13-23/h5-11,14H,2-4,12-13H2,1H3,(H,22,24)/b21-15-. The second-order valence-electron chi connectivity index (χ2n) is 6.37. The number of hydrogen-bond donors (Lipinski definition) is 1. The molecule has 1 aliphatic heterocycles. The number of hydrazone groups is 1. The lowest BCUT2D eigenvalue weighted by molar-refractivity contribution is 0.0954. The van der Waals surface area contributed by atoms with Gasteiger partial charge in [-0.1, -0.05) is 12.5 Å². The molecule has 1 fully saturated rings. The fraction of sp³-hybridized carbons (Fsp3) is 0.316. The van der Waals surface area contributed by atoms with Gasteiger partial charge in [0.1, 0.15) is 0 Å². The van der Waals surface area contributed by atoms with Crippen molar-refractivity contribution in [2.75, 3.05) is 13.1 Å². The molecule has 0 bridgehead atoms. The van der Waals surface area contributed by atoms with Gasteiger partial charge in [0, 0.05) is 36.6 Å². The molecule has 2 heterocycles. The second-order valence-corrected chi connectivity index (χ2v) is 8.30. The van der Waals surface area contributed by atoms with Gasteiger partial charge < -0.3 is 0 Å². The molecule has 0 aliphatic carbocycles. The summed E-state index contributed by atoms with van der Waals surface area (Å²) in [4.78, 5) is 16.5. The lowest BCUT2D eigenvalue weighted by Crippen LogP contribution is -2.35. The van der Waals surface area contributed by atoms with Gasteiger partial charge in [-0.3, -0.25) is 9.78 Å². The van der Waals surface area contributed by atoms with Crippen LogP contribution in [0.3, 0.4) is 0 Å². The zero-order valence-electron chi connectivity index (χ0n) is 15.1. The smallest absolute Gasteiger partial charge is 0.267 e. The molecule has 1 aliphatic rings. The van der Waals surface area contributed by atoms with Crippen molar-refractivity contribution in [3.05, 3.63) is 59.9 Å². The third-order valence-corrected chi connectivity index (χ3v) is 6.37. The van der Waals surface area contributed by atoms with Crippen molar-refractivity contribution in [1.29, 1.82) is 0 Å². The average Bonchev–Trinajstić information content (AvgIpc) is 2.73. The number of piperidine rings is 1. The minimum absolute atomic E-state index is 0.131. The van der Waals surface area contributed by atoms with Gasteiger partial charge in [0.15, 0.2) is 0 Å². The van der Waals surface area contributed by atoms with Gasteiger partial charge in [0.25, 0.3) is 5.91 Å². The Morgan fingerprint density at radius 1 is 1.07 bits per heavy atom. The van der Waals surface area contributed by atoms with Crippen LogP contribution in [0.1, 0.15) is 42.1 Å². The number of amides is 1. The molecule has 0 atom stereocenters. The first-order valence-corrected chi connectivity index (χ1v) is 10.3. The molecule has 27 heavy (non-hydrogen) atoms. The largest absolute Gasteiger partial charge is 0.271 e. The summed E-state index contributed by atoms with van der Waals surface area (Å²) in [6, 6.07) is 9.64. The minimum Gasteiger partial charge on any atom is -0.267 e. The Hall–Kier alpha value is -2.58. The summed E-state index contributed by atoms with van der Waals surface area (Å²) in [5, 5.41) is 4.08. The number of rotatable bonds is 5. The first kappa shape index (κ1) is 19.2. The maximum Gasteiger partial charge on any atom is 0.271 e. The molecule has 2 aromatic rings. The van der Waals surface area contributed by atoms with Crippen molar-refractivity contribution in [3.63, 3.8) is 0 Å². The van der Waals surface area contributed by atoms with E-state index in [2.05, 4.69) is 15.5 Å². The van der Waals surface area contributed by atoms with E-state index >= 15 is 0 Å². The third-order valence-electron chi connectivity index (χ3n) is 4.47. The van der Waals surface area contributed by atoms with E-state index in [4.69, 9.17) is 0 Å². The SMILES string of the molecule is C/C(=N/NC(=O)c1cccc(S(=O)(=O)N2CCCCC2)c1)c1ccncc1. The van der Waals surface area contributed by atoms with E-state index < -0.39 is 15.9 Å². The van der Waals surface area contributed by atoms with Gasteiger partial charge in [0.2, 0.25) is 10.0 Å². The van der Waals surface area contributed by atoms with Gasteiger partial charge in [-0.2, -0.15) is 9.41 Å². The van der Waals surface area contributed by atoms with E-state index in [1.807, 2.05) is 0 Å². The highest BCUT2D eigenvalue weighted by molar-refractivity contribution is 7.89. The number of nitrogens with one attached hydrogen (secondary N) is 1. The molecule has 1 N–H and O–H groups in total. The van der Waals surface area contributed by atoms with Crippen molar-refractivity contribution < 1.29 is 13.2 Å². The van der Waals surface area contributed by atoms with Crippen molar-refractivity contribution in [1.82, 2.24) is 14.7 Å². The Morgan fingerprint density at radius 3 is 2.48 bits per heavy atom. The summed E-state index contributed by atoms with van der Waals surface area (Å²) in [5.74, 6) is -0.459. The van der Waals surface area contributed by atoms with Gasteiger partial charge in [-0.25, -0.2) is 13.8 Å². The van der Waals surface area contributed by atoms with Crippen molar-refractivity contribution in [2.45, 2.75) is 31.1 Å². The van der Waals surface area contributed by atoms with Crippen LogP contribution in [0, 0.1) is 0 Å². The van der Waals surface area contributed by atoms with Crippen LogP contribution in [0.2, 0.25) is 0 Å². The van der Waals surface area contributed by atoms with Gasteiger partial charge in [-0.05, 0) is 50.1 Å². The van der Waals surface area contributed by atoms with E-state index in [0.717, 1.165) is 24.8 Å². The molecular weight excluding hydrogens is 364 g/mol. The zero-order chi connectivity index (χ0) is 19.3. The molecule has 0 saturated carbocycles. The molecule has 0 radical (unpaired) electrons. The fourth-order valence-corrected chi connectivity index (χ4v) is 4.47. The van der Waals surface area contributed by atoms with Crippen LogP contribution in [0.25, 0.3) is 0 Å². The summed E-state index contributed by atoms with van der Waals surface area (Å²) in [6.07, 6.45) is 6.06. The normalized spacial score (nSPS) is 16.1. The Labute approximate surface area is 159 Å². The van der Waals surface area contributed by atoms with E-state index in [9.17, 15) is 13.2 Å². The highest BCUT2D eigenvalue weighted by atomic mass is 32.2. The van der Waals surface area contributed by atoms with E-state index in [1.54, 1.807) is 43.6 Å². The molecule has 7 nitrogen and oxygen atoms in total. The Bertz CT molecular complexity index is 936. The molecule has 3 rings (SSSR count). The summed E-state index contributed by atoms with van der Waals surface area (Å²) in [6.45, 7) is 2.81. The van der Waals surface area contributed by atoms with Crippen LogP contribution in [-0.4, -0.2) is 42.4 Å². The third kappa shape index (κ3) is 4.58. The van der Waals surface area contributed by atoms with Crippen molar-refractivity contribution >= 4 is 21.6 Å². The predicted octanol–water partition coefficient (Wildman–Crippen LogP) is 2.41. The number of hydrogen-bond acceptors (Lipinski definition) is 5. The molecule has 1 saturated heterocycles. The Balaban J connectivity index is 1.76. The molecule has 8 heteroatoms. The number of pyridine rings is 1. The van der Waals surface area contributed by atoms with Gasteiger partial charge >= 0.3 is 0 Å². The van der Waals surface area contributed by atoms with Crippen LogP contribution in [-0.2, 0) is 10.0 Å². The zero-order valence-corrected chi connectivity index (χ0v) is 15.9. The number of benzene rings is 1. The fourth-order valence-electron chi connectivity index (χ4n) is 2.91. The van der Waals surface area contributed by atoms with E-state index in [0.29, 0.717) is 18.8 Å². The van der Waals surface area contributed by atoms with Crippen molar-refractivity contribution in [3.8, 4) is 0 Å². The molecule has 0 spiro atoms. The lowest BCUT2D eigenvalue weighted by atomic mass is 10.2. The maximum atomic E-state index is 12.8. The molecule has 1 aromatic carbocycles. The quantitative estimate of drug-likeness (QED) is 0.631. The van der Waals surface area contributed by atoms with Gasteiger partial charge in [-0.15, -0.1) is 0 Å². The van der Waals surface area contributed by atoms with E-state index in [-0.39, 0.29) is 10.5 Å². The van der Waals surface area contributed by atoms with Gasteiger partial charge in [0.05, 0.1) is 10.6 Å². The number of carbonyl (C=O) groups excluding carboxylic acids is 1. The summed E-state index contributed by atoms with van der Waals surface area (Å²) >= 11 is 0. The topological polar surface area (TPSA) is 91.7 Å². The molecular formula is C19H22N4O3S. The van der Waals surface area contributed by atoms with Crippen LogP contribution >= 0.6 is 0 Å². The number of sulfonamides is 1. The molecule has 0 unspecified atom stereocenters. The Morgan fingerprint density at radius 2 is 1.78 bits per heavy atom. The summed E-state index contributed by atoms with van der Waals surface area (Å²) in [5.41, 5.74) is 4.19. The number of nitrogens with zero attached hydrogens (tertiary/aromatic N) is 3. The summed E-state index contributed by atoms with van der Waals surface area (Å²) < 4.78 is 27.0. The van der Waals surface area contributed by atoms with Crippen LogP contribution in [0.15, 0.2) is 58.8 Å². The second kappa shape index (κ2) is 8.41. The highest BCUT2D eigenvalue weighted by Gasteiger charge is 2.26. The summed E-state index contributed by atoms with van der Waals surface area (Å²) in [7, 11) is -3.58. The average molecular weight is 386 g/mol. The highest BCUT2D eigenvalue weighted by Crippen LogP contribution is 2.21. The van der Waals surface area contributed by atoms with E-state index in [1.165, 1.54) is 16.4 Å². The number of carbonyl (C=O) groups is 1. The monoisotopic (exact) mass is 386 g/mol. The minimum atomic E-state index is -3.58. The lowest BCUT2D eigenvalue weighted by Gasteiger charge is -2.25. The first-order valence-electron chi connectivity index (χ1n) is 8.84. The molecule has 1 aromatic heterocycles. The number of aromatic nitrogens is 1. The molecule has 1 amide bonds. The van der Waals surface area contributed by atoms with Crippen molar-refractivity contribution in [2.24, 2.45) is 5.10 Å². The van der Waals surface area contributed by atoms with Crippen LogP contribution in [0.5, 0.6) is 0 Å². The maximum absolute atomic E-state index is 12.8. The first-order chi connectivity index (χ1) is 13.0. The Kier molecular flexibility index (Phi) is 5.98. The van der Waals surface area contributed by atoms with Crippen LogP contribution in [0.4, 0.5) is 0 Å². The predicted molar refractivity (Wildman–Crippen MR) is 103 cm³/mol. The molecule has 142 valence electrons. The van der Waals surface area contributed by atoms with Crippen LogP contribution < -0.4 is 5.43 Å².